The molecule has 2 nitrogen and oxygen atoms in total. The molecule has 1 saturated heterocycles. The highest BCUT2D eigenvalue weighted by Gasteiger charge is 2.21. The molecule has 1 aromatic carbocycles. The van der Waals surface area contributed by atoms with Crippen LogP contribution in [0.1, 0.15) is 18.4 Å². The molecule has 2 rings (SSSR count). The Labute approximate surface area is 105 Å². The molecule has 16 heavy (non-hydrogen) atoms. The van der Waals surface area contributed by atoms with E-state index in [1.54, 1.807) is 0 Å². The van der Waals surface area contributed by atoms with Gasteiger partial charge in [-0.05, 0) is 30.7 Å². The minimum atomic E-state index is 0.0330. The van der Waals surface area contributed by atoms with Gasteiger partial charge in [0, 0.05) is 29.0 Å². The number of benzene rings is 1. The Morgan fingerprint density at radius 1 is 1.25 bits per heavy atom. The van der Waals surface area contributed by atoms with Crippen molar-refractivity contribution in [1.29, 1.82) is 0 Å². The molecule has 1 aromatic rings. The molecule has 1 aliphatic rings. The Morgan fingerprint density at radius 2 is 1.88 bits per heavy atom. The van der Waals surface area contributed by atoms with E-state index in [9.17, 15) is 4.79 Å². The number of hydrogen-bond donors (Lipinski definition) is 0. The summed E-state index contributed by atoms with van der Waals surface area (Å²) in [6.07, 6.45) is 3.38. The fraction of sp³-hybridized carbons (Fsp3) is 0.462. The number of rotatable bonds is 2. The van der Waals surface area contributed by atoms with Crippen LogP contribution >= 0.6 is 15.9 Å². The van der Waals surface area contributed by atoms with Gasteiger partial charge < -0.3 is 4.90 Å². The van der Waals surface area contributed by atoms with E-state index in [4.69, 9.17) is 0 Å². The first-order valence-electron chi connectivity index (χ1n) is 5.74. The summed E-state index contributed by atoms with van der Waals surface area (Å²) in [6.45, 7) is 1.78. The molecule has 0 unspecified atom stereocenters. The van der Waals surface area contributed by atoms with Crippen LogP contribution < -0.4 is 0 Å². The number of carbonyl (C=O) groups is 1. The van der Waals surface area contributed by atoms with Crippen LogP contribution in [0, 0.1) is 5.92 Å². The number of nitrogens with zero attached hydrogens (tertiary/aromatic N) is 1. The molecule has 0 N–H and O–H groups in total. The van der Waals surface area contributed by atoms with Crippen molar-refractivity contribution in [3.05, 3.63) is 35.9 Å². The molecular weight excluding hydrogens is 266 g/mol. The Bertz CT molecular complexity index is 344. The van der Waals surface area contributed by atoms with Crippen molar-refractivity contribution < 1.29 is 4.79 Å². The van der Waals surface area contributed by atoms with Crippen molar-refractivity contribution >= 4 is 20.7 Å². The summed E-state index contributed by atoms with van der Waals surface area (Å²) in [5, 5.41) is 0. The average Bonchev–Trinajstić information content (AvgIpc) is 2.31. The van der Waals surface area contributed by atoms with Gasteiger partial charge >= 0.3 is 0 Å². The predicted octanol–water partition coefficient (Wildman–Crippen LogP) is 3.46. The minimum absolute atomic E-state index is 0.0330. The van der Waals surface area contributed by atoms with Gasteiger partial charge in [0.1, 0.15) is 0 Å². The molecule has 0 saturated carbocycles. The van der Waals surface area contributed by atoms with Crippen molar-refractivity contribution in [3.63, 3.8) is 0 Å². The lowest BCUT2D eigenvalue weighted by atomic mass is 9.90. The summed E-state index contributed by atoms with van der Waals surface area (Å²) in [7, 11) is 0. The number of halogens is 1. The summed E-state index contributed by atoms with van der Waals surface area (Å²) < 4.78 is 0. The van der Waals surface area contributed by atoms with E-state index in [1.807, 2.05) is 4.90 Å². The first kappa shape index (κ1) is 11.6. The van der Waals surface area contributed by atoms with Crippen LogP contribution in [0.5, 0.6) is 0 Å². The summed E-state index contributed by atoms with van der Waals surface area (Å²) in [5.41, 5.74) is 1.41. The summed E-state index contributed by atoms with van der Waals surface area (Å²) >= 11 is 3.01. The minimum Gasteiger partial charge on any atom is -0.333 e. The van der Waals surface area contributed by atoms with Crippen LogP contribution in [0.15, 0.2) is 30.3 Å². The number of amides is 1. The van der Waals surface area contributed by atoms with E-state index in [2.05, 4.69) is 46.3 Å². The molecule has 0 atom stereocenters. The average molecular weight is 282 g/mol. The lowest BCUT2D eigenvalue weighted by molar-refractivity contribution is 0.194. The zero-order valence-corrected chi connectivity index (χ0v) is 10.8. The molecular formula is C13H16BrNO. The van der Waals surface area contributed by atoms with Gasteiger partial charge in [-0.3, -0.25) is 4.79 Å². The standard InChI is InChI=1S/C13H16BrNO/c14-13(16)15-8-6-12(7-9-15)10-11-4-2-1-3-5-11/h1-5,12H,6-10H2. The molecule has 0 spiro atoms. The quantitative estimate of drug-likeness (QED) is 0.601. The monoisotopic (exact) mass is 281 g/mol. The van der Waals surface area contributed by atoms with Crippen LogP contribution in [-0.2, 0) is 6.42 Å². The third-order valence-corrected chi connectivity index (χ3v) is 3.73. The summed E-state index contributed by atoms with van der Waals surface area (Å²) in [5.74, 6) is 0.727. The Kier molecular flexibility index (Phi) is 3.99. The van der Waals surface area contributed by atoms with Gasteiger partial charge in [-0.25, -0.2) is 0 Å². The fourth-order valence-corrected chi connectivity index (χ4v) is 2.61. The molecule has 1 heterocycles. The van der Waals surface area contributed by atoms with Crippen molar-refractivity contribution in [2.75, 3.05) is 13.1 Å². The Morgan fingerprint density at radius 3 is 2.44 bits per heavy atom. The fourth-order valence-electron chi connectivity index (χ4n) is 2.26. The van der Waals surface area contributed by atoms with E-state index in [0.717, 1.165) is 38.3 Å². The molecule has 0 aromatic heterocycles. The molecule has 0 radical (unpaired) electrons. The second-order valence-corrected chi connectivity index (χ2v) is 5.05. The molecule has 0 bridgehead atoms. The lowest BCUT2D eigenvalue weighted by Crippen LogP contribution is -2.35. The van der Waals surface area contributed by atoms with Crippen molar-refractivity contribution in [2.24, 2.45) is 5.92 Å². The molecule has 1 amide bonds. The second kappa shape index (κ2) is 5.48. The number of carbonyl (C=O) groups excluding carboxylic acids is 1. The topological polar surface area (TPSA) is 20.3 Å². The van der Waals surface area contributed by atoms with Crippen LogP contribution in [0.2, 0.25) is 0 Å². The Balaban J connectivity index is 1.84. The molecule has 3 heteroatoms. The van der Waals surface area contributed by atoms with E-state index in [0.29, 0.717) is 0 Å². The van der Waals surface area contributed by atoms with E-state index in [-0.39, 0.29) is 4.82 Å². The molecule has 1 fully saturated rings. The van der Waals surface area contributed by atoms with E-state index >= 15 is 0 Å². The Hall–Kier alpha value is -0.830. The number of hydrogen-bond acceptors (Lipinski definition) is 1. The zero-order chi connectivity index (χ0) is 11.4. The normalized spacial score (nSPS) is 17.4. The third kappa shape index (κ3) is 3.08. The maximum Gasteiger partial charge on any atom is 0.289 e. The van der Waals surface area contributed by atoms with Gasteiger partial charge in [0.05, 0.1) is 0 Å². The van der Waals surface area contributed by atoms with Gasteiger partial charge in [0.25, 0.3) is 4.82 Å². The van der Waals surface area contributed by atoms with Crippen molar-refractivity contribution in [3.8, 4) is 0 Å². The second-order valence-electron chi connectivity index (χ2n) is 4.37. The number of likely N-dealkylation sites (tertiary alicyclic amines) is 1. The highest BCUT2D eigenvalue weighted by atomic mass is 79.9. The first-order valence-corrected chi connectivity index (χ1v) is 6.53. The maximum atomic E-state index is 11.1. The zero-order valence-electron chi connectivity index (χ0n) is 9.23. The van der Waals surface area contributed by atoms with Crippen LogP contribution in [-0.4, -0.2) is 22.8 Å². The SMILES string of the molecule is O=C(Br)N1CCC(Cc2ccccc2)CC1. The van der Waals surface area contributed by atoms with Gasteiger partial charge in [-0.15, -0.1) is 0 Å². The molecule has 86 valence electrons. The van der Waals surface area contributed by atoms with Crippen LogP contribution in [0.25, 0.3) is 0 Å². The number of piperidine rings is 1. The largest absolute Gasteiger partial charge is 0.333 e. The summed E-state index contributed by atoms with van der Waals surface area (Å²) in [4.78, 5) is 13.0. The van der Waals surface area contributed by atoms with E-state index < -0.39 is 0 Å². The van der Waals surface area contributed by atoms with E-state index in [1.165, 1.54) is 5.56 Å². The van der Waals surface area contributed by atoms with Crippen molar-refractivity contribution in [1.82, 2.24) is 4.90 Å². The van der Waals surface area contributed by atoms with Gasteiger partial charge in [-0.1, -0.05) is 30.3 Å². The van der Waals surface area contributed by atoms with Crippen molar-refractivity contribution in [2.45, 2.75) is 19.3 Å². The molecule has 0 aliphatic carbocycles. The maximum absolute atomic E-state index is 11.1. The molecule has 1 aliphatic heterocycles. The predicted molar refractivity (Wildman–Crippen MR) is 68.8 cm³/mol. The smallest absolute Gasteiger partial charge is 0.289 e. The summed E-state index contributed by atoms with van der Waals surface area (Å²) in [6, 6.07) is 10.6. The highest BCUT2D eigenvalue weighted by molar-refractivity contribution is 9.18. The third-order valence-electron chi connectivity index (χ3n) is 3.23. The van der Waals surface area contributed by atoms with Gasteiger partial charge in [0.15, 0.2) is 0 Å². The van der Waals surface area contributed by atoms with Gasteiger partial charge in [-0.2, -0.15) is 0 Å². The van der Waals surface area contributed by atoms with Crippen LogP contribution in [0.3, 0.4) is 0 Å². The highest BCUT2D eigenvalue weighted by Crippen LogP contribution is 2.22. The lowest BCUT2D eigenvalue weighted by Gasteiger charge is -2.30. The van der Waals surface area contributed by atoms with Crippen LogP contribution in [0.4, 0.5) is 4.79 Å². The first-order chi connectivity index (χ1) is 7.75. The van der Waals surface area contributed by atoms with Gasteiger partial charge in [0.2, 0.25) is 0 Å².